The first kappa shape index (κ1) is 34.3. The lowest BCUT2D eigenvalue weighted by Crippen LogP contribution is -2.77. The van der Waals surface area contributed by atoms with E-state index in [1.54, 1.807) is 30.3 Å². The summed E-state index contributed by atoms with van der Waals surface area (Å²) in [5.74, 6) is -1.02. The van der Waals surface area contributed by atoms with Crippen molar-refractivity contribution in [2.75, 3.05) is 43.0 Å². The fraction of sp³-hybridized carbons (Fsp3) is 0.448. The molecule has 4 atom stereocenters. The first-order valence-electron chi connectivity index (χ1n) is 14.5. The van der Waals surface area contributed by atoms with Gasteiger partial charge in [0.15, 0.2) is 14.6 Å². The number of carbonyl (C=O) groups is 4. The van der Waals surface area contributed by atoms with Crippen LogP contribution in [0.1, 0.15) is 24.5 Å². The number of hydrogen-bond acceptors (Lipinski definition) is 13. The second-order valence-corrected chi connectivity index (χ2v) is 16.6. The Labute approximate surface area is 290 Å². The van der Waals surface area contributed by atoms with Gasteiger partial charge >= 0.3 is 0 Å². The minimum absolute atomic E-state index is 0.0823. The molecule has 6 aliphatic rings. The summed E-state index contributed by atoms with van der Waals surface area (Å²) < 4.78 is 0. The van der Waals surface area contributed by atoms with Crippen molar-refractivity contribution in [2.24, 2.45) is 0 Å². The van der Waals surface area contributed by atoms with E-state index in [9.17, 15) is 44.5 Å². The number of nitro groups is 2. The molecular formula is C29H30N6O9S4. The van der Waals surface area contributed by atoms with Gasteiger partial charge < -0.3 is 14.9 Å². The molecule has 1 N–H and O–H groups in total. The highest BCUT2D eigenvalue weighted by molar-refractivity contribution is 8.78. The average Bonchev–Trinajstić information content (AvgIpc) is 3.61. The van der Waals surface area contributed by atoms with Gasteiger partial charge in [-0.2, -0.15) is 0 Å². The topological polar surface area (TPSA) is 188 Å². The van der Waals surface area contributed by atoms with E-state index in [1.165, 1.54) is 91.1 Å². The second-order valence-electron chi connectivity index (χ2n) is 11.7. The number of likely N-dealkylation sites (N-methyl/N-ethyl adjacent to an activating group) is 2. The summed E-state index contributed by atoms with van der Waals surface area (Å²) in [4.78, 5) is 74.9. The average molecular weight is 735 g/mol. The van der Waals surface area contributed by atoms with Crippen LogP contribution < -0.4 is 9.80 Å². The van der Waals surface area contributed by atoms with E-state index in [0.717, 1.165) is 11.1 Å². The fourth-order valence-corrected chi connectivity index (χ4v) is 12.4. The van der Waals surface area contributed by atoms with Gasteiger partial charge in [0.1, 0.15) is 0 Å². The number of nitro benzene ring substituents is 2. The van der Waals surface area contributed by atoms with Crippen LogP contribution >= 0.6 is 45.1 Å². The Hall–Kier alpha value is -3.52. The normalized spacial score (nSPS) is 29.7. The first-order valence-corrected chi connectivity index (χ1v) is 19.1. The van der Waals surface area contributed by atoms with E-state index in [0.29, 0.717) is 30.6 Å². The van der Waals surface area contributed by atoms with Crippen molar-refractivity contribution in [3.63, 3.8) is 0 Å². The van der Waals surface area contributed by atoms with Gasteiger partial charge in [0.2, 0.25) is 4.87 Å². The van der Waals surface area contributed by atoms with Crippen LogP contribution in [0.5, 0.6) is 0 Å². The molecule has 2 bridgehead atoms. The number of anilines is 2. The third-order valence-electron chi connectivity index (χ3n) is 9.75. The number of aliphatic hydroxyl groups excluding tert-OH is 1. The maximum Gasteiger partial charge on any atom is 0.271 e. The van der Waals surface area contributed by atoms with Gasteiger partial charge in [-0.05, 0) is 53.0 Å². The zero-order chi connectivity index (χ0) is 35.1. The summed E-state index contributed by atoms with van der Waals surface area (Å²) in [5, 5.41) is 31.9. The molecule has 0 aliphatic carbocycles. The molecule has 254 valence electrons. The molecule has 4 unspecified atom stereocenters. The van der Waals surface area contributed by atoms with Crippen molar-refractivity contribution in [2.45, 2.75) is 45.7 Å². The molecule has 19 heteroatoms. The van der Waals surface area contributed by atoms with Crippen molar-refractivity contribution in [3.05, 3.63) is 67.8 Å². The number of carbonyl (C=O) groups excluding carboxylic acids is 4. The summed E-state index contributed by atoms with van der Waals surface area (Å²) in [6.07, 6.45) is 4.71. The Bertz CT molecular complexity index is 1830. The monoisotopic (exact) mass is 734 g/mol. The van der Waals surface area contributed by atoms with Crippen molar-refractivity contribution in [1.29, 1.82) is 0 Å². The quantitative estimate of drug-likeness (QED) is 0.259. The fourth-order valence-electron chi connectivity index (χ4n) is 7.03. The highest BCUT2D eigenvalue weighted by atomic mass is 33.1. The third-order valence-corrected chi connectivity index (χ3v) is 16.0. The SMILES string of the molecule is CCC1(SC)C(=O)N2c3cc([N+](=O)[O-])ccc3CC2(SC)C(=O)N1C.CN1C(=O)C23Cc4ccc([N+](=O)[O-])cc4N2C(=O)C1(CO)SS3. The number of benzene rings is 2. The van der Waals surface area contributed by atoms with E-state index in [-0.39, 0.29) is 29.1 Å². The van der Waals surface area contributed by atoms with Crippen molar-refractivity contribution >= 4 is 91.5 Å². The van der Waals surface area contributed by atoms with Crippen LogP contribution in [0, 0.1) is 20.2 Å². The molecule has 48 heavy (non-hydrogen) atoms. The highest BCUT2D eigenvalue weighted by Gasteiger charge is 2.71. The standard InChI is InChI=1S/C16H19N3O4S2.C13H11N3O5S2/c1-5-15(24-3)14(21)18-12-8-11(19(22)23)7-6-10(12)9-16(18,25-4)13(20)17(15)2;1-14-10(18)12-5-7-2-3-8(16(20)21)4-9(7)15(12)11(19)13(14,6-17)23-22-12/h6-8H,5,9H2,1-4H3;2-4,17H,5-6H2,1H3. The van der Waals surface area contributed by atoms with Crippen LogP contribution in [0.4, 0.5) is 22.7 Å². The molecule has 0 radical (unpaired) electrons. The lowest BCUT2D eigenvalue weighted by Gasteiger charge is -2.57. The molecule has 2 aromatic rings. The summed E-state index contributed by atoms with van der Waals surface area (Å²) >= 11 is 2.63. The first-order chi connectivity index (χ1) is 22.7. The number of non-ortho nitro benzene ring substituents is 2. The summed E-state index contributed by atoms with van der Waals surface area (Å²) in [5.41, 5.74) is 2.14. The summed E-state index contributed by atoms with van der Waals surface area (Å²) in [7, 11) is 5.59. The molecule has 1 spiro atoms. The predicted molar refractivity (Wildman–Crippen MR) is 185 cm³/mol. The molecule has 0 saturated carbocycles. The predicted octanol–water partition coefficient (Wildman–Crippen LogP) is 3.22. The highest BCUT2D eigenvalue weighted by Crippen LogP contribution is 2.63. The Morgan fingerprint density at radius 3 is 1.85 bits per heavy atom. The summed E-state index contributed by atoms with van der Waals surface area (Å²) in [6, 6.07) is 8.77. The molecule has 8 rings (SSSR count). The smallest absolute Gasteiger partial charge is 0.271 e. The Balaban J connectivity index is 0.000000168. The van der Waals surface area contributed by atoms with Gasteiger partial charge in [0.05, 0.1) is 27.8 Å². The van der Waals surface area contributed by atoms with Crippen LogP contribution in [0.2, 0.25) is 0 Å². The van der Waals surface area contributed by atoms with E-state index in [4.69, 9.17) is 0 Å². The lowest BCUT2D eigenvalue weighted by molar-refractivity contribution is -0.385. The number of amides is 4. The van der Waals surface area contributed by atoms with Crippen LogP contribution in [-0.4, -0.2) is 101 Å². The van der Waals surface area contributed by atoms with Gasteiger partial charge in [-0.25, -0.2) is 0 Å². The summed E-state index contributed by atoms with van der Waals surface area (Å²) in [6.45, 7) is 1.36. The number of hydrogen-bond donors (Lipinski definition) is 1. The van der Waals surface area contributed by atoms with Crippen molar-refractivity contribution in [1.82, 2.24) is 9.80 Å². The van der Waals surface area contributed by atoms with Crippen molar-refractivity contribution in [3.8, 4) is 0 Å². The molecule has 15 nitrogen and oxygen atoms in total. The van der Waals surface area contributed by atoms with Gasteiger partial charge in [-0.3, -0.25) is 49.2 Å². The molecule has 4 amide bonds. The van der Waals surface area contributed by atoms with Gasteiger partial charge in [-0.1, -0.05) is 17.7 Å². The van der Waals surface area contributed by atoms with Crippen LogP contribution in [-0.2, 0) is 32.0 Å². The molecule has 6 heterocycles. The largest absolute Gasteiger partial charge is 0.392 e. The lowest BCUT2D eigenvalue weighted by atomic mass is 10.0. The number of thioether (sulfide) groups is 2. The number of rotatable bonds is 6. The molecule has 6 aliphatic heterocycles. The minimum Gasteiger partial charge on any atom is -0.392 e. The Morgan fingerprint density at radius 1 is 0.792 bits per heavy atom. The van der Waals surface area contributed by atoms with E-state index in [2.05, 4.69) is 0 Å². The number of fused-ring (bicyclic) bond motifs is 6. The Morgan fingerprint density at radius 2 is 1.35 bits per heavy atom. The molecule has 4 saturated heterocycles. The number of nitrogens with zero attached hydrogens (tertiary/aromatic N) is 6. The maximum absolute atomic E-state index is 13.5. The molecule has 0 aromatic heterocycles. The zero-order valence-corrected chi connectivity index (χ0v) is 29.6. The number of aliphatic hydroxyl groups is 1. The maximum atomic E-state index is 13.5. The van der Waals surface area contributed by atoms with E-state index < -0.39 is 41.8 Å². The van der Waals surface area contributed by atoms with E-state index >= 15 is 0 Å². The number of piperazine rings is 2. The van der Waals surface area contributed by atoms with Crippen LogP contribution in [0.15, 0.2) is 36.4 Å². The minimum atomic E-state index is -1.38. The Kier molecular flexibility index (Phi) is 8.25. The van der Waals surface area contributed by atoms with Crippen LogP contribution in [0.3, 0.4) is 0 Å². The molecule has 4 fully saturated rings. The van der Waals surface area contributed by atoms with Crippen molar-refractivity contribution < 1.29 is 34.1 Å². The second kappa shape index (κ2) is 11.5. The molecule has 2 aromatic carbocycles. The van der Waals surface area contributed by atoms with Gasteiger partial charge in [0.25, 0.3) is 35.0 Å². The van der Waals surface area contributed by atoms with Gasteiger partial charge in [0, 0.05) is 51.2 Å². The van der Waals surface area contributed by atoms with Gasteiger partial charge in [-0.15, -0.1) is 23.5 Å². The molecular weight excluding hydrogens is 705 g/mol. The van der Waals surface area contributed by atoms with E-state index in [1.807, 2.05) is 13.2 Å². The van der Waals surface area contributed by atoms with Crippen LogP contribution in [0.25, 0.3) is 0 Å². The third kappa shape index (κ3) is 4.23. The zero-order valence-electron chi connectivity index (χ0n) is 26.3.